The van der Waals surface area contributed by atoms with E-state index in [-0.39, 0.29) is 0 Å². The largest absolute Gasteiger partial charge is 0.301 e. The van der Waals surface area contributed by atoms with E-state index in [9.17, 15) is 0 Å². The van der Waals surface area contributed by atoms with E-state index in [2.05, 4.69) is 56.0 Å². The second kappa shape index (κ2) is 11.4. The first-order valence-electron chi connectivity index (χ1n) is 4.44. The van der Waals surface area contributed by atoms with Crippen molar-refractivity contribution in [3.8, 4) is 12.8 Å². The van der Waals surface area contributed by atoms with E-state index in [1.165, 1.54) is 11.1 Å². The van der Waals surface area contributed by atoms with Gasteiger partial charge in [0.05, 0.1) is 0 Å². The zero-order valence-electron chi connectivity index (χ0n) is 9.49. The monoisotopic (exact) mass is 189 g/mol. The van der Waals surface area contributed by atoms with Crippen LogP contribution in [0.1, 0.15) is 18.1 Å². The van der Waals surface area contributed by atoms with Crippen LogP contribution >= 0.6 is 0 Å². The third-order valence-corrected chi connectivity index (χ3v) is 1.43. The van der Waals surface area contributed by atoms with Crippen LogP contribution in [-0.2, 0) is 0 Å². The molecule has 0 aliphatic heterocycles. The Hall–Kier alpha value is -1.55. The van der Waals surface area contributed by atoms with Crippen molar-refractivity contribution in [2.45, 2.75) is 20.8 Å². The summed E-state index contributed by atoms with van der Waals surface area (Å²) in [7, 11) is 1.75. The molecule has 0 radical (unpaired) electrons. The van der Waals surface area contributed by atoms with Crippen LogP contribution in [0, 0.1) is 26.7 Å². The Kier molecular flexibility index (Phi) is 12.2. The Bertz CT molecular complexity index is 250. The van der Waals surface area contributed by atoms with E-state index in [0.717, 1.165) is 0 Å². The minimum Gasteiger partial charge on any atom is -0.301 e. The van der Waals surface area contributed by atoms with E-state index in [1.807, 2.05) is 6.92 Å². The summed E-state index contributed by atoms with van der Waals surface area (Å²) in [6, 6.07) is 8.45. The fourth-order valence-electron chi connectivity index (χ4n) is 0.807. The van der Waals surface area contributed by atoms with Crippen molar-refractivity contribution in [2.75, 3.05) is 7.05 Å². The van der Waals surface area contributed by atoms with E-state index in [0.29, 0.717) is 0 Å². The molecule has 0 heterocycles. The lowest BCUT2D eigenvalue weighted by Gasteiger charge is -1.90. The fourth-order valence-corrected chi connectivity index (χ4v) is 0.807. The van der Waals surface area contributed by atoms with Gasteiger partial charge >= 0.3 is 0 Å². The van der Waals surface area contributed by atoms with Crippen molar-refractivity contribution < 1.29 is 0 Å². The van der Waals surface area contributed by atoms with Gasteiger partial charge < -0.3 is 4.99 Å². The maximum atomic E-state index is 4.00. The molecule has 1 heteroatoms. The van der Waals surface area contributed by atoms with Crippen LogP contribution < -0.4 is 0 Å². The molecule has 0 unspecified atom stereocenters. The Labute approximate surface area is 87.9 Å². The summed E-state index contributed by atoms with van der Waals surface area (Å²) in [6.07, 6.45) is 9.75. The summed E-state index contributed by atoms with van der Waals surface area (Å²) in [5.74, 6) is 0. The first-order chi connectivity index (χ1) is 6.70. The smallest absolute Gasteiger partial charge is 0.0273 e. The lowest BCUT2D eigenvalue weighted by molar-refractivity contribution is 1.39. The van der Waals surface area contributed by atoms with E-state index < -0.39 is 0 Å². The highest BCUT2D eigenvalue weighted by Crippen LogP contribution is 2.00. The Morgan fingerprint density at radius 3 is 1.64 bits per heavy atom. The van der Waals surface area contributed by atoms with Crippen molar-refractivity contribution in [1.29, 1.82) is 0 Å². The Balaban J connectivity index is 0. The molecular formula is C13H19N. The zero-order valence-corrected chi connectivity index (χ0v) is 9.49. The maximum absolute atomic E-state index is 4.00. The third-order valence-electron chi connectivity index (χ3n) is 1.43. The first kappa shape index (κ1) is 14.9. The molecule has 76 valence electrons. The number of aliphatic imine (C=N–C) groups is 1. The number of benzene rings is 1. The fraction of sp³-hybridized carbons (Fsp3) is 0.308. The molecule has 0 aliphatic carbocycles. The van der Waals surface area contributed by atoms with Gasteiger partial charge in [-0.25, -0.2) is 0 Å². The van der Waals surface area contributed by atoms with Crippen molar-refractivity contribution >= 4 is 6.21 Å². The van der Waals surface area contributed by atoms with Gasteiger partial charge in [0.15, 0.2) is 0 Å². The zero-order chi connectivity index (χ0) is 11.4. The van der Waals surface area contributed by atoms with Crippen LogP contribution in [-0.4, -0.2) is 13.3 Å². The van der Waals surface area contributed by atoms with Gasteiger partial charge in [0.1, 0.15) is 0 Å². The summed E-state index contributed by atoms with van der Waals surface area (Å²) in [5.41, 5.74) is 2.68. The predicted octanol–water partition coefficient (Wildman–Crippen LogP) is 3.26. The minimum absolute atomic E-state index is 1.34. The molecule has 0 saturated heterocycles. The second-order valence-corrected chi connectivity index (χ2v) is 2.67. The van der Waals surface area contributed by atoms with Crippen LogP contribution in [0.25, 0.3) is 0 Å². The summed E-state index contributed by atoms with van der Waals surface area (Å²) in [6.45, 7) is 6.10. The Morgan fingerprint density at radius 1 is 1.14 bits per heavy atom. The van der Waals surface area contributed by atoms with Crippen LogP contribution in [0.3, 0.4) is 0 Å². The standard InChI is InChI=1S/C8H10.C3H7N.C2H2/c1-7-4-3-5-8(2)6-7;1-3-4-2;1-2/h3-6H,1-2H3;3H,1-2H3;1-2H. The molecule has 14 heavy (non-hydrogen) atoms. The lowest BCUT2D eigenvalue weighted by atomic mass is 10.2. The summed E-state index contributed by atoms with van der Waals surface area (Å²) >= 11 is 0. The topological polar surface area (TPSA) is 12.4 Å². The van der Waals surface area contributed by atoms with Gasteiger partial charge in [0.2, 0.25) is 0 Å². The third kappa shape index (κ3) is 10.4. The van der Waals surface area contributed by atoms with Gasteiger partial charge in [-0.1, -0.05) is 35.4 Å². The molecule has 0 fully saturated rings. The first-order valence-corrected chi connectivity index (χ1v) is 4.44. The number of hydrogen-bond donors (Lipinski definition) is 0. The second-order valence-electron chi connectivity index (χ2n) is 2.67. The SMILES string of the molecule is C#C.CC=NC.Cc1cccc(C)c1. The summed E-state index contributed by atoms with van der Waals surface area (Å²) in [4.78, 5) is 3.61. The van der Waals surface area contributed by atoms with Gasteiger partial charge in [0, 0.05) is 7.05 Å². The average molecular weight is 189 g/mol. The molecular weight excluding hydrogens is 170 g/mol. The van der Waals surface area contributed by atoms with Crippen molar-refractivity contribution in [3.63, 3.8) is 0 Å². The number of rotatable bonds is 0. The van der Waals surface area contributed by atoms with Crippen molar-refractivity contribution in [3.05, 3.63) is 35.4 Å². The predicted molar refractivity (Wildman–Crippen MR) is 65.9 cm³/mol. The number of aryl methyl sites for hydroxylation is 2. The van der Waals surface area contributed by atoms with Crippen LogP contribution in [0.15, 0.2) is 29.3 Å². The highest BCUT2D eigenvalue weighted by atomic mass is 14.6. The molecule has 0 aliphatic rings. The van der Waals surface area contributed by atoms with Crippen LogP contribution in [0.4, 0.5) is 0 Å². The molecule has 0 spiro atoms. The molecule has 0 saturated carbocycles. The molecule has 1 rings (SSSR count). The summed E-state index contributed by atoms with van der Waals surface area (Å²) < 4.78 is 0. The molecule has 0 atom stereocenters. The molecule has 1 aromatic carbocycles. The maximum Gasteiger partial charge on any atom is 0.0273 e. The van der Waals surface area contributed by atoms with Gasteiger partial charge in [-0.05, 0) is 27.0 Å². The average Bonchev–Trinajstić information content (AvgIpc) is 2.21. The van der Waals surface area contributed by atoms with Gasteiger partial charge in [-0.2, -0.15) is 0 Å². The molecule has 0 amide bonds. The highest BCUT2D eigenvalue weighted by molar-refractivity contribution is 5.52. The van der Waals surface area contributed by atoms with Gasteiger partial charge in [-0.3, -0.25) is 0 Å². The van der Waals surface area contributed by atoms with Gasteiger partial charge in [0.25, 0.3) is 0 Å². The normalized spacial score (nSPS) is 8.14. The molecule has 1 aromatic rings. The molecule has 0 N–H and O–H groups in total. The van der Waals surface area contributed by atoms with Crippen LogP contribution in [0.5, 0.6) is 0 Å². The Morgan fingerprint density at radius 2 is 1.50 bits per heavy atom. The van der Waals surface area contributed by atoms with Crippen molar-refractivity contribution in [2.24, 2.45) is 4.99 Å². The van der Waals surface area contributed by atoms with E-state index >= 15 is 0 Å². The number of terminal acetylenes is 1. The molecule has 0 aromatic heterocycles. The van der Waals surface area contributed by atoms with Crippen LogP contribution in [0.2, 0.25) is 0 Å². The quantitative estimate of drug-likeness (QED) is 0.439. The lowest BCUT2D eigenvalue weighted by Crippen LogP contribution is -1.71. The highest BCUT2D eigenvalue weighted by Gasteiger charge is 1.80. The molecule has 1 nitrogen and oxygen atoms in total. The van der Waals surface area contributed by atoms with Crippen molar-refractivity contribution in [1.82, 2.24) is 0 Å². The number of nitrogens with zero attached hydrogens (tertiary/aromatic N) is 1. The molecule has 0 bridgehead atoms. The summed E-state index contributed by atoms with van der Waals surface area (Å²) in [5, 5.41) is 0. The minimum atomic E-state index is 1.34. The van der Waals surface area contributed by atoms with Gasteiger partial charge in [-0.15, -0.1) is 12.8 Å². The number of hydrogen-bond acceptors (Lipinski definition) is 1. The van der Waals surface area contributed by atoms with E-state index in [4.69, 9.17) is 0 Å². The van der Waals surface area contributed by atoms with E-state index in [1.54, 1.807) is 13.3 Å².